The van der Waals surface area contributed by atoms with Crippen molar-refractivity contribution in [1.29, 1.82) is 5.26 Å². The fourth-order valence-corrected chi connectivity index (χ4v) is 10.7. The number of aliphatic hydroxyl groups is 1. The Labute approximate surface area is 278 Å². The van der Waals surface area contributed by atoms with Gasteiger partial charge in [-0.25, -0.2) is 14.6 Å². The van der Waals surface area contributed by atoms with E-state index in [1.807, 2.05) is 6.92 Å². The number of aryl methyl sites for hydroxylation is 1. The van der Waals surface area contributed by atoms with E-state index in [1.165, 1.54) is 17.0 Å². The SMILES string of the molecule is CC1=C2CCC(C)(O)CN2c2nc(-c3noc4c3CCCC43CCCc4sc(N)c(C#N)c43)nc3c2c1nn3C(C)C1CCCN1C. The van der Waals surface area contributed by atoms with E-state index in [1.54, 1.807) is 11.3 Å². The molecule has 0 aromatic carbocycles. The van der Waals surface area contributed by atoms with Crippen molar-refractivity contribution in [2.45, 2.75) is 108 Å². The van der Waals surface area contributed by atoms with E-state index < -0.39 is 11.0 Å². The van der Waals surface area contributed by atoms with Gasteiger partial charge in [0.2, 0.25) is 0 Å². The van der Waals surface area contributed by atoms with Crippen LogP contribution in [0.2, 0.25) is 0 Å². The van der Waals surface area contributed by atoms with Crippen LogP contribution in [0, 0.1) is 11.3 Å². The minimum Gasteiger partial charge on any atom is -0.389 e. The van der Waals surface area contributed by atoms with Gasteiger partial charge in [-0.2, -0.15) is 10.4 Å². The first-order valence-corrected chi connectivity index (χ1v) is 17.9. The molecule has 4 unspecified atom stereocenters. The zero-order chi connectivity index (χ0) is 32.4. The number of nitrogens with two attached hydrogens (primary N) is 1. The number of likely N-dealkylation sites (tertiary alicyclic amines) is 1. The van der Waals surface area contributed by atoms with Crippen molar-refractivity contribution in [3.63, 3.8) is 0 Å². The molecule has 3 aliphatic heterocycles. The van der Waals surface area contributed by atoms with Gasteiger partial charge in [0.25, 0.3) is 0 Å². The molecule has 11 nitrogen and oxygen atoms in total. The number of nitriles is 1. The number of nitrogens with zero attached hydrogens (tertiary/aromatic N) is 8. The molecule has 3 N–H and O–H groups in total. The lowest BCUT2D eigenvalue weighted by atomic mass is 9.63. The number of fused-ring (bicyclic) bond motifs is 6. The van der Waals surface area contributed by atoms with Gasteiger partial charge in [0.05, 0.1) is 34.6 Å². The van der Waals surface area contributed by atoms with Gasteiger partial charge in [0, 0.05) is 22.2 Å². The number of piperidine rings is 1. The first-order valence-electron chi connectivity index (χ1n) is 17.1. The van der Waals surface area contributed by atoms with Crippen molar-refractivity contribution in [1.82, 2.24) is 29.8 Å². The monoisotopic (exact) mass is 651 g/mol. The third-order valence-corrected chi connectivity index (χ3v) is 13.0. The minimum absolute atomic E-state index is 0.106. The fourth-order valence-electron chi connectivity index (χ4n) is 9.56. The van der Waals surface area contributed by atoms with E-state index in [0.29, 0.717) is 41.1 Å². The number of hydrogen-bond acceptors (Lipinski definition) is 11. The van der Waals surface area contributed by atoms with E-state index >= 15 is 0 Å². The average Bonchev–Trinajstić information content (AvgIpc) is 3.83. The highest BCUT2D eigenvalue weighted by Crippen LogP contribution is 2.55. The Morgan fingerprint density at radius 2 is 1.94 bits per heavy atom. The molecule has 4 aromatic rings. The molecule has 0 saturated carbocycles. The maximum absolute atomic E-state index is 11.3. The highest BCUT2D eigenvalue weighted by atomic mass is 32.1. The van der Waals surface area contributed by atoms with Crippen LogP contribution in [0.25, 0.3) is 28.1 Å². The molecule has 9 rings (SSSR count). The van der Waals surface area contributed by atoms with Crippen LogP contribution in [0.5, 0.6) is 0 Å². The quantitative estimate of drug-likeness (QED) is 0.283. The lowest BCUT2D eigenvalue weighted by Crippen LogP contribution is -2.46. The first-order chi connectivity index (χ1) is 22.6. The molecule has 47 heavy (non-hydrogen) atoms. The molecular formula is C35H41N9O2S. The number of aromatic nitrogens is 5. The second-order valence-electron chi connectivity index (χ2n) is 14.8. The summed E-state index contributed by atoms with van der Waals surface area (Å²) in [5.74, 6) is 2.16. The van der Waals surface area contributed by atoms with E-state index in [-0.39, 0.29) is 6.04 Å². The zero-order valence-electron chi connectivity index (χ0n) is 27.6. The molecule has 12 heteroatoms. The van der Waals surface area contributed by atoms with Crippen molar-refractivity contribution in [2.75, 3.05) is 30.8 Å². The summed E-state index contributed by atoms with van der Waals surface area (Å²) in [4.78, 5) is 16.4. The summed E-state index contributed by atoms with van der Waals surface area (Å²) in [6.07, 6.45) is 9.23. The zero-order valence-corrected chi connectivity index (χ0v) is 28.4. The summed E-state index contributed by atoms with van der Waals surface area (Å²) in [6, 6.07) is 2.89. The Bertz CT molecular complexity index is 2040. The Balaban J connectivity index is 1.25. The molecule has 0 amide bonds. The molecule has 2 saturated heterocycles. The number of likely N-dealkylation sites (N-methyl/N-ethyl adjacent to an activating group) is 1. The molecule has 244 valence electrons. The first kappa shape index (κ1) is 29.4. The van der Waals surface area contributed by atoms with Gasteiger partial charge in [0.1, 0.15) is 22.6 Å². The summed E-state index contributed by atoms with van der Waals surface area (Å²) in [5.41, 5.74) is 12.6. The van der Waals surface area contributed by atoms with Gasteiger partial charge in [-0.3, -0.25) is 0 Å². The average molecular weight is 652 g/mol. The summed E-state index contributed by atoms with van der Waals surface area (Å²) in [5, 5.41) is 33.0. The van der Waals surface area contributed by atoms with Crippen LogP contribution < -0.4 is 10.6 Å². The highest BCUT2D eigenvalue weighted by Gasteiger charge is 2.49. The molecule has 1 spiro atoms. The molecule has 0 bridgehead atoms. The second kappa shape index (κ2) is 10.1. The van der Waals surface area contributed by atoms with Crippen LogP contribution in [-0.4, -0.2) is 66.7 Å². The Kier molecular flexibility index (Phi) is 6.31. The fraction of sp³-hybridized carbons (Fsp3) is 0.571. The van der Waals surface area contributed by atoms with Crippen LogP contribution >= 0.6 is 11.3 Å². The van der Waals surface area contributed by atoms with Crippen molar-refractivity contribution >= 4 is 38.8 Å². The Morgan fingerprint density at radius 1 is 1.13 bits per heavy atom. The molecule has 2 aliphatic carbocycles. The van der Waals surface area contributed by atoms with E-state index in [4.69, 9.17) is 30.5 Å². The van der Waals surface area contributed by atoms with Gasteiger partial charge in [-0.1, -0.05) is 5.16 Å². The van der Waals surface area contributed by atoms with Gasteiger partial charge in [-0.15, -0.1) is 11.3 Å². The highest BCUT2D eigenvalue weighted by molar-refractivity contribution is 7.16. The number of nitrogen functional groups attached to an aromatic ring is 1. The summed E-state index contributed by atoms with van der Waals surface area (Å²) in [7, 11) is 2.20. The third kappa shape index (κ3) is 4.03. The number of rotatable bonds is 3. The number of thiophene rings is 1. The summed E-state index contributed by atoms with van der Waals surface area (Å²) in [6.45, 7) is 7.85. The van der Waals surface area contributed by atoms with Crippen molar-refractivity contribution < 1.29 is 9.63 Å². The van der Waals surface area contributed by atoms with E-state index in [2.05, 4.69) is 41.4 Å². The maximum atomic E-state index is 11.3. The van der Waals surface area contributed by atoms with Gasteiger partial charge in [0.15, 0.2) is 22.9 Å². The smallest absolute Gasteiger partial charge is 0.186 e. The van der Waals surface area contributed by atoms with Crippen LogP contribution in [0.15, 0.2) is 10.2 Å². The molecule has 5 aliphatic rings. The molecule has 2 fully saturated rings. The Morgan fingerprint density at radius 3 is 2.70 bits per heavy atom. The van der Waals surface area contributed by atoms with E-state index in [9.17, 15) is 10.4 Å². The lowest BCUT2D eigenvalue weighted by Gasteiger charge is -2.42. The molecule has 0 radical (unpaired) electrons. The minimum atomic E-state index is -0.840. The normalized spacial score (nSPS) is 27.7. The molecule has 4 atom stereocenters. The van der Waals surface area contributed by atoms with Crippen molar-refractivity contribution in [3.8, 4) is 17.6 Å². The van der Waals surface area contributed by atoms with Gasteiger partial charge < -0.3 is 25.2 Å². The van der Waals surface area contributed by atoms with Crippen molar-refractivity contribution in [3.05, 3.63) is 38.7 Å². The largest absolute Gasteiger partial charge is 0.389 e. The molecule has 7 heterocycles. The standard InChI is InChI=1S/C35H41N9O2S/c1-18-22-11-14-34(3,45)17-43(22)32-25-27(18)40-44(19(2)23-9-7-15-42(23)4)33(25)39-31(38-32)28-20-8-5-12-35(29(20)46-41-28)13-6-10-24-26(35)21(16-36)30(37)47-24/h19,23,45H,5-15,17,37H2,1-4H3. The molecular weight excluding hydrogens is 611 g/mol. The summed E-state index contributed by atoms with van der Waals surface area (Å²) < 4.78 is 8.49. The topological polar surface area (TPSA) is 146 Å². The molecule has 4 aromatic heterocycles. The van der Waals surface area contributed by atoms with Gasteiger partial charge in [-0.05, 0) is 110 Å². The third-order valence-electron chi connectivity index (χ3n) is 11.9. The van der Waals surface area contributed by atoms with Crippen molar-refractivity contribution in [2.24, 2.45) is 0 Å². The number of hydrogen-bond donors (Lipinski definition) is 2. The van der Waals surface area contributed by atoms with E-state index in [0.717, 1.165) is 103 Å². The van der Waals surface area contributed by atoms with Gasteiger partial charge >= 0.3 is 0 Å². The summed E-state index contributed by atoms with van der Waals surface area (Å²) >= 11 is 1.55. The number of anilines is 2. The predicted octanol–water partition coefficient (Wildman–Crippen LogP) is 5.71. The van der Waals surface area contributed by atoms with Crippen LogP contribution in [0.4, 0.5) is 10.8 Å². The lowest BCUT2D eigenvalue weighted by molar-refractivity contribution is 0.0506. The van der Waals surface area contributed by atoms with Crippen LogP contribution in [0.1, 0.15) is 111 Å². The van der Waals surface area contributed by atoms with Crippen LogP contribution in [-0.2, 0) is 18.3 Å². The van der Waals surface area contributed by atoms with Crippen LogP contribution in [0.3, 0.4) is 0 Å². The predicted molar refractivity (Wildman–Crippen MR) is 181 cm³/mol. The number of allylic oxidation sites excluding steroid dienone is 2. The second-order valence-corrected chi connectivity index (χ2v) is 16.0. The maximum Gasteiger partial charge on any atom is 0.186 e. The Hall–Kier alpha value is -3.79.